The molecule has 176 valence electrons. The van der Waals surface area contributed by atoms with Gasteiger partial charge >= 0.3 is 0 Å². The van der Waals surface area contributed by atoms with Crippen LogP contribution in [-0.2, 0) is 32.5 Å². The molecular weight excluding hydrogens is 450 g/mol. The summed E-state index contributed by atoms with van der Waals surface area (Å²) in [6.07, 6.45) is 0.778. The Morgan fingerprint density at radius 2 is 1.71 bits per heavy atom. The summed E-state index contributed by atoms with van der Waals surface area (Å²) in [5, 5.41) is 2.81. The molecule has 0 aromatic heterocycles. The van der Waals surface area contributed by atoms with Crippen molar-refractivity contribution in [1.29, 1.82) is 0 Å². The number of carbonyl (C=O) groups is 2. The standard InChI is InChI=1S/C26H27N3O4S/c1-18-8-10-22(11-9-18)27-26(31)24(16-20-6-4-3-5-7-20)28-34(32,33)23-12-13-25-21(17-23)14-15-29(25)19(2)30/h3-13,17,24,28H,14-16H2,1-2H3,(H,27,31)/t24-/m1/s1. The first-order valence-electron chi connectivity index (χ1n) is 11.1. The summed E-state index contributed by atoms with van der Waals surface area (Å²) >= 11 is 0. The van der Waals surface area contributed by atoms with E-state index in [0.717, 1.165) is 22.4 Å². The molecule has 1 atom stereocenters. The summed E-state index contributed by atoms with van der Waals surface area (Å²) in [4.78, 5) is 26.6. The lowest BCUT2D eigenvalue weighted by atomic mass is 10.1. The molecule has 0 aliphatic carbocycles. The summed E-state index contributed by atoms with van der Waals surface area (Å²) in [5.41, 5.74) is 4.00. The lowest BCUT2D eigenvalue weighted by molar-refractivity contribution is -0.118. The first-order chi connectivity index (χ1) is 16.2. The molecule has 0 saturated carbocycles. The van der Waals surface area contributed by atoms with Crippen LogP contribution in [0.2, 0.25) is 0 Å². The van der Waals surface area contributed by atoms with E-state index in [-0.39, 0.29) is 17.2 Å². The van der Waals surface area contributed by atoms with Crippen molar-refractivity contribution in [2.45, 2.75) is 37.6 Å². The summed E-state index contributed by atoms with van der Waals surface area (Å²) in [6, 6.07) is 20.3. The minimum absolute atomic E-state index is 0.0675. The van der Waals surface area contributed by atoms with Gasteiger partial charge in [-0.05, 0) is 61.2 Å². The second-order valence-corrected chi connectivity index (χ2v) is 10.1. The first-order valence-corrected chi connectivity index (χ1v) is 12.6. The molecule has 0 unspecified atom stereocenters. The number of carbonyl (C=O) groups excluding carboxylic acids is 2. The van der Waals surface area contributed by atoms with E-state index in [2.05, 4.69) is 10.0 Å². The highest BCUT2D eigenvalue weighted by Gasteiger charge is 2.29. The number of fused-ring (bicyclic) bond motifs is 1. The molecule has 8 heteroatoms. The summed E-state index contributed by atoms with van der Waals surface area (Å²) in [6.45, 7) is 3.96. The molecule has 2 N–H and O–H groups in total. The molecule has 34 heavy (non-hydrogen) atoms. The quantitative estimate of drug-likeness (QED) is 0.545. The van der Waals surface area contributed by atoms with Crippen LogP contribution in [0.4, 0.5) is 11.4 Å². The minimum Gasteiger partial charge on any atom is -0.325 e. The van der Waals surface area contributed by atoms with Gasteiger partial charge in [0.15, 0.2) is 0 Å². The maximum atomic E-state index is 13.3. The predicted octanol–water partition coefficient (Wildman–Crippen LogP) is 3.43. The lowest BCUT2D eigenvalue weighted by Gasteiger charge is -2.20. The zero-order valence-electron chi connectivity index (χ0n) is 19.1. The Morgan fingerprint density at radius 3 is 2.38 bits per heavy atom. The van der Waals surface area contributed by atoms with Crippen LogP contribution < -0.4 is 14.9 Å². The number of benzene rings is 3. The first kappa shape index (κ1) is 23.7. The molecular formula is C26H27N3O4S. The molecule has 1 heterocycles. The largest absolute Gasteiger partial charge is 0.325 e. The fourth-order valence-electron chi connectivity index (χ4n) is 4.03. The minimum atomic E-state index is -4.00. The molecule has 1 aliphatic rings. The van der Waals surface area contributed by atoms with Crippen LogP contribution in [0.1, 0.15) is 23.6 Å². The van der Waals surface area contributed by atoms with Gasteiger partial charge in [0, 0.05) is 24.8 Å². The number of aryl methyl sites for hydroxylation is 1. The van der Waals surface area contributed by atoms with Crippen LogP contribution in [0, 0.1) is 6.92 Å². The maximum absolute atomic E-state index is 13.3. The van der Waals surface area contributed by atoms with Crippen molar-refractivity contribution in [3.63, 3.8) is 0 Å². The van der Waals surface area contributed by atoms with E-state index in [9.17, 15) is 18.0 Å². The highest BCUT2D eigenvalue weighted by atomic mass is 32.2. The number of sulfonamides is 1. The third-order valence-corrected chi connectivity index (χ3v) is 7.32. The van der Waals surface area contributed by atoms with Gasteiger partial charge in [0.25, 0.3) is 0 Å². The van der Waals surface area contributed by atoms with Crippen molar-refractivity contribution in [1.82, 2.24) is 4.72 Å². The molecule has 3 aromatic rings. The number of nitrogens with zero attached hydrogens (tertiary/aromatic N) is 1. The third-order valence-electron chi connectivity index (χ3n) is 5.85. The van der Waals surface area contributed by atoms with E-state index < -0.39 is 22.0 Å². The van der Waals surface area contributed by atoms with Crippen LogP contribution in [-0.4, -0.2) is 32.8 Å². The second kappa shape index (κ2) is 9.79. The summed E-state index contributed by atoms with van der Waals surface area (Å²) in [5.74, 6) is -0.525. The van der Waals surface area contributed by atoms with Crippen LogP contribution in [0.25, 0.3) is 0 Å². The average molecular weight is 478 g/mol. The Labute approximate surface area is 199 Å². The van der Waals surface area contributed by atoms with Gasteiger partial charge in [-0.3, -0.25) is 9.59 Å². The molecule has 0 saturated heterocycles. The van der Waals surface area contributed by atoms with E-state index >= 15 is 0 Å². The van der Waals surface area contributed by atoms with Gasteiger partial charge in [0.05, 0.1) is 4.90 Å². The van der Waals surface area contributed by atoms with Gasteiger partial charge in [-0.2, -0.15) is 4.72 Å². The molecule has 0 radical (unpaired) electrons. The predicted molar refractivity (Wildman–Crippen MR) is 132 cm³/mol. The molecule has 0 spiro atoms. The molecule has 1 aliphatic heterocycles. The van der Waals surface area contributed by atoms with Crippen molar-refractivity contribution < 1.29 is 18.0 Å². The zero-order valence-corrected chi connectivity index (χ0v) is 19.9. The van der Waals surface area contributed by atoms with Crippen molar-refractivity contribution >= 4 is 33.2 Å². The van der Waals surface area contributed by atoms with Crippen LogP contribution in [0.5, 0.6) is 0 Å². The number of hydrogen-bond acceptors (Lipinski definition) is 4. The maximum Gasteiger partial charge on any atom is 0.242 e. The number of amides is 2. The van der Waals surface area contributed by atoms with Crippen molar-refractivity contribution in [2.24, 2.45) is 0 Å². The molecule has 0 fully saturated rings. The van der Waals surface area contributed by atoms with Crippen LogP contribution in [0.15, 0.2) is 77.7 Å². The number of rotatable bonds is 7. The Hall–Kier alpha value is -3.49. The normalized spacial score (nSPS) is 13.9. The highest BCUT2D eigenvalue weighted by Crippen LogP contribution is 2.30. The Bertz CT molecular complexity index is 1310. The summed E-state index contributed by atoms with van der Waals surface area (Å²) < 4.78 is 29.2. The van der Waals surface area contributed by atoms with Gasteiger partial charge in [-0.1, -0.05) is 48.0 Å². The van der Waals surface area contributed by atoms with Crippen molar-refractivity contribution in [3.8, 4) is 0 Å². The molecule has 7 nitrogen and oxygen atoms in total. The lowest BCUT2D eigenvalue weighted by Crippen LogP contribution is -2.45. The monoisotopic (exact) mass is 477 g/mol. The molecule has 0 bridgehead atoms. The smallest absolute Gasteiger partial charge is 0.242 e. The highest BCUT2D eigenvalue weighted by molar-refractivity contribution is 7.89. The fourth-order valence-corrected chi connectivity index (χ4v) is 5.28. The van der Waals surface area contributed by atoms with Gasteiger partial charge in [-0.25, -0.2) is 8.42 Å². The summed E-state index contributed by atoms with van der Waals surface area (Å²) in [7, 11) is -4.00. The van der Waals surface area contributed by atoms with E-state index in [1.54, 1.807) is 29.2 Å². The second-order valence-electron chi connectivity index (χ2n) is 8.43. The molecule has 3 aromatic carbocycles. The Kier molecular flexibility index (Phi) is 6.81. The average Bonchev–Trinajstić information content (AvgIpc) is 3.24. The number of hydrogen-bond donors (Lipinski definition) is 2. The number of anilines is 2. The van der Waals surface area contributed by atoms with Gasteiger partial charge < -0.3 is 10.2 Å². The van der Waals surface area contributed by atoms with Crippen molar-refractivity contribution in [2.75, 3.05) is 16.8 Å². The van der Waals surface area contributed by atoms with Gasteiger partial charge in [-0.15, -0.1) is 0 Å². The van der Waals surface area contributed by atoms with E-state index in [1.165, 1.54) is 13.0 Å². The molecule has 4 rings (SSSR count). The Morgan fingerprint density at radius 1 is 1.00 bits per heavy atom. The number of nitrogens with one attached hydrogen (secondary N) is 2. The van der Waals surface area contributed by atoms with E-state index in [1.807, 2.05) is 49.4 Å². The van der Waals surface area contributed by atoms with E-state index in [0.29, 0.717) is 18.7 Å². The zero-order chi connectivity index (χ0) is 24.3. The van der Waals surface area contributed by atoms with Gasteiger partial charge in [0.1, 0.15) is 6.04 Å². The van der Waals surface area contributed by atoms with Crippen LogP contribution in [0.3, 0.4) is 0 Å². The fraction of sp³-hybridized carbons (Fsp3) is 0.231. The van der Waals surface area contributed by atoms with Crippen molar-refractivity contribution in [3.05, 3.63) is 89.5 Å². The topological polar surface area (TPSA) is 95.6 Å². The van der Waals surface area contributed by atoms with Gasteiger partial charge in [0.2, 0.25) is 21.8 Å². The molecule has 2 amide bonds. The van der Waals surface area contributed by atoms with Crippen LogP contribution >= 0.6 is 0 Å². The van der Waals surface area contributed by atoms with E-state index in [4.69, 9.17) is 0 Å². The Balaban J connectivity index is 1.59. The SMILES string of the molecule is CC(=O)N1CCc2cc(S(=O)(=O)N[C@H](Cc3ccccc3)C(=O)Nc3ccc(C)cc3)ccc21. The third kappa shape index (κ3) is 5.35.